The van der Waals surface area contributed by atoms with Crippen molar-refractivity contribution >= 4 is 40.7 Å². The van der Waals surface area contributed by atoms with Crippen molar-refractivity contribution in [3.63, 3.8) is 0 Å². The second-order valence-electron chi connectivity index (χ2n) is 7.79. The molecule has 0 bridgehead atoms. The minimum absolute atomic E-state index is 0.0191. The number of carbonyl (C=O) groups is 2. The maximum atomic E-state index is 12.8. The largest absolute Gasteiger partial charge is 0.495 e. The number of halogens is 2. The molecule has 0 heterocycles. The normalized spacial score (nSPS) is 18.5. The van der Waals surface area contributed by atoms with Gasteiger partial charge in [0.1, 0.15) is 5.75 Å². The Labute approximate surface area is 187 Å². The number of hydrogen-bond donors (Lipinski definition) is 2. The molecule has 1 aliphatic carbocycles. The summed E-state index contributed by atoms with van der Waals surface area (Å²) in [5, 5.41) is 6.73. The molecule has 1 saturated carbocycles. The molecule has 2 aromatic carbocycles. The maximum Gasteiger partial charge on any atom is 0.253 e. The molecule has 5 nitrogen and oxygen atoms in total. The number of benzene rings is 2. The van der Waals surface area contributed by atoms with Gasteiger partial charge in [-0.3, -0.25) is 9.59 Å². The lowest BCUT2D eigenvalue weighted by Gasteiger charge is -2.25. The third-order valence-corrected chi connectivity index (χ3v) is 6.09. The van der Waals surface area contributed by atoms with Gasteiger partial charge in [0.25, 0.3) is 5.91 Å². The van der Waals surface area contributed by atoms with Crippen LogP contribution in [0.5, 0.6) is 5.75 Å². The van der Waals surface area contributed by atoms with Gasteiger partial charge in [-0.05, 0) is 67.5 Å². The number of hydrogen-bond acceptors (Lipinski definition) is 3. The van der Waals surface area contributed by atoms with E-state index in [1.807, 2.05) is 6.07 Å². The van der Waals surface area contributed by atoms with Gasteiger partial charge in [-0.1, -0.05) is 36.2 Å². The van der Waals surface area contributed by atoms with E-state index >= 15 is 0 Å². The van der Waals surface area contributed by atoms with Crippen molar-refractivity contribution in [1.82, 2.24) is 5.32 Å². The molecule has 2 N–H and O–H groups in total. The van der Waals surface area contributed by atoms with Crippen molar-refractivity contribution in [3.8, 4) is 5.75 Å². The molecule has 7 heteroatoms. The molecule has 1 fully saturated rings. The SMILES string of the molecule is COc1cc(CNC(=O)c2cc(Cl)ccc2NC(=O)C2CCC(C)CC2)ccc1Cl. The number of rotatable bonds is 6. The molecule has 2 aromatic rings. The fourth-order valence-corrected chi connectivity index (χ4v) is 4.03. The smallest absolute Gasteiger partial charge is 0.253 e. The first-order valence-electron chi connectivity index (χ1n) is 10.1. The molecular formula is C23H26Cl2N2O3. The van der Waals surface area contributed by atoms with Gasteiger partial charge in [0.15, 0.2) is 0 Å². The summed E-state index contributed by atoms with van der Waals surface area (Å²) in [6.45, 7) is 2.50. The van der Waals surface area contributed by atoms with Crippen LogP contribution in [0.25, 0.3) is 0 Å². The van der Waals surface area contributed by atoms with Crippen molar-refractivity contribution in [2.24, 2.45) is 11.8 Å². The van der Waals surface area contributed by atoms with Gasteiger partial charge in [0.05, 0.1) is 23.4 Å². The van der Waals surface area contributed by atoms with Gasteiger partial charge in [-0.2, -0.15) is 0 Å². The van der Waals surface area contributed by atoms with Crippen LogP contribution >= 0.6 is 23.2 Å². The Kier molecular flexibility index (Phi) is 7.62. The van der Waals surface area contributed by atoms with E-state index in [-0.39, 0.29) is 24.3 Å². The Morgan fingerprint density at radius 2 is 1.80 bits per heavy atom. The molecule has 30 heavy (non-hydrogen) atoms. The standard InChI is InChI=1S/C23H26Cl2N2O3/c1-14-3-6-16(7-4-14)22(28)27-20-10-8-17(24)12-18(20)23(29)26-13-15-5-9-19(25)21(11-15)30-2/h5,8-12,14,16H,3-4,6-7,13H2,1-2H3,(H,26,29)(H,27,28). The number of methoxy groups -OCH3 is 1. The van der Waals surface area contributed by atoms with Crippen LogP contribution in [0.15, 0.2) is 36.4 Å². The van der Waals surface area contributed by atoms with Gasteiger partial charge >= 0.3 is 0 Å². The zero-order valence-electron chi connectivity index (χ0n) is 17.1. The van der Waals surface area contributed by atoms with Gasteiger partial charge in [-0.25, -0.2) is 0 Å². The Hall–Kier alpha value is -2.24. The molecule has 0 radical (unpaired) electrons. The molecule has 0 aromatic heterocycles. The van der Waals surface area contributed by atoms with E-state index in [1.165, 1.54) is 7.11 Å². The first-order chi connectivity index (χ1) is 14.4. The molecule has 0 saturated heterocycles. The highest BCUT2D eigenvalue weighted by atomic mass is 35.5. The summed E-state index contributed by atoms with van der Waals surface area (Å²) in [5.74, 6) is 0.826. The van der Waals surface area contributed by atoms with Gasteiger partial charge in [0.2, 0.25) is 5.91 Å². The van der Waals surface area contributed by atoms with Crippen molar-refractivity contribution in [2.45, 2.75) is 39.2 Å². The average Bonchev–Trinajstić information content (AvgIpc) is 2.74. The molecule has 0 unspecified atom stereocenters. The minimum Gasteiger partial charge on any atom is -0.495 e. The van der Waals surface area contributed by atoms with Crippen molar-refractivity contribution in [2.75, 3.05) is 12.4 Å². The Balaban J connectivity index is 1.69. The number of amides is 2. The van der Waals surface area contributed by atoms with Crippen LogP contribution in [0.4, 0.5) is 5.69 Å². The number of carbonyl (C=O) groups excluding carboxylic acids is 2. The zero-order valence-corrected chi connectivity index (χ0v) is 18.6. The molecule has 0 aliphatic heterocycles. The molecule has 160 valence electrons. The van der Waals surface area contributed by atoms with Crippen LogP contribution in [0.3, 0.4) is 0 Å². The van der Waals surface area contributed by atoms with Crippen LogP contribution < -0.4 is 15.4 Å². The van der Waals surface area contributed by atoms with E-state index < -0.39 is 0 Å². The van der Waals surface area contributed by atoms with Gasteiger partial charge < -0.3 is 15.4 Å². The average molecular weight is 449 g/mol. The minimum atomic E-state index is -0.320. The predicted molar refractivity (Wildman–Crippen MR) is 120 cm³/mol. The predicted octanol–water partition coefficient (Wildman–Crippen LogP) is 5.70. The van der Waals surface area contributed by atoms with Crippen LogP contribution in [0.1, 0.15) is 48.5 Å². The monoisotopic (exact) mass is 448 g/mol. The summed E-state index contributed by atoms with van der Waals surface area (Å²) in [6.07, 6.45) is 3.86. The van der Waals surface area contributed by atoms with Gasteiger partial charge in [-0.15, -0.1) is 0 Å². The van der Waals surface area contributed by atoms with Crippen LogP contribution in [0, 0.1) is 11.8 Å². The fourth-order valence-electron chi connectivity index (χ4n) is 3.66. The van der Waals surface area contributed by atoms with E-state index in [0.717, 1.165) is 31.2 Å². The van der Waals surface area contributed by atoms with Crippen LogP contribution in [-0.4, -0.2) is 18.9 Å². The van der Waals surface area contributed by atoms with E-state index in [0.29, 0.717) is 33.0 Å². The lowest BCUT2D eigenvalue weighted by Crippen LogP contribution is -2.29. The zero-order chi connectivity index (χ0) is 21.7. The fraction of sp³-hybridized carbons (Fsp3) is 0.391. The van der Waals surface area contributed by atoms with E-state index in [2.05, 4.69) is 17.6 Å². The maximum absolute atomic E-state index is 12.8. The number of nitrogens with one attached hydrogen (secondary N) is 2. The first-order valence-corrected chi connectivity index (χ1v) is 10.8. The van der Waals surface area contributed by atoms with Crippen LogP contribution in [-0.2, 0) is 11.3 Å². The summed E-state index contributed by atoms with van der Waals surface area (Å²) >= 11 is 12.2. The molecule has 0 atom stereocenters. The Morgan fingerprint density at radius 1 is 1.07 bits per heavy atom. The summed E-state index contributed by atoms with van der Waals surface area (Å²) in [4.78, 5) is 25.5. The van der Waals surface area contributed by atoms with Crippen molar-refractivity contribution in [1.29, 1.82) is 0 Å². The third-order valence-electron chi connectivity index (χ3n) is 5.54. The lowest BCUT2D eigenvalue weighted by molar-refractivity contribution is -0.121. The highest BCUT2D eigenvalue weighted by Gasteiger charge is 2.25. The van der Waals surface area contributed by atoms with E-state index in [9.17, 15) is 9.59 Å². The van der Waals surface area contributed by atoms with Gasteiger partial charge in [0, 0.05) is 17.5 Å². The summed E-state index contributed by atoms with van der Waals surface area (Å²) in [5.41, 5.74) is 1.64. The van der Waals surface area contributed by atoms with Crippen molar-refractivity contribution < 1.29 is 14.3 Å². The quantitative estimate of drug-likeness (QED) is 0.595. The molecule has 2 amide bonds. The topological polar surface area (TPSA) is 67.4 Å². The molecule has 3 rings (SSSR count). The summed E-state index contributed by atoms with van der Waals surface area (Å²) in [7, 11) is 1.54. The second kappa shape index (κ2) is 10.2. The van der Waals surface area contributed by atoms with Crippen molar-refractivity contribution in [3.05, 3.63) is 57.6 Å². The number of ether oxygens (including phenoxy) is 1. The first kappa shape index (κ1) is 22.4. The highest BCUT2D eigenvalue weighted by Crippen LogP contribution is 2.30. The summed E-state index contributed by atoms with van der Waals surface area (Å²) < 4.78 is 5.21. The second-order valence-corrected chi connectivity index (χ2v) is 8.63. The molecule has 1 aliphatic rings. The Morgan fingerprint density at radius 3 is 2.50 bits per heavy atom. The van der Waals surface area contributed by atoms with E-state index in [1.54, 1.807) is 30.3 Å². The third kappa shape index (κ3) is 5.67. The molecule has 0 spiro atoms. The summed E-state index contributed by atoms with van der Waals surface area (Å²) in [6, 6.07) is 10.2. The molecular weight excluding hydrogens is 423 g/mol. The van der Waals surface area contributed by atoms with E-state index in [4.69, 9.17) is 27.9 Å². The van der Waals surface area contributed by atoms with Crippen LogP contribution in [0.2, 0.25) is 10.0 Å². The number of anilines is 1. The highest BCUT2D eigenvalue weighted by molar-refractivity contribution is 6.32. The lowest BCUT2D eigenvalue weighted by atomic mass is 9.82. The Bertz CT molecular complexity index is 925.